The molecule has 5 rings (SSSR count). The lowest BCUT2D eigenvalue weighted by molar-refractivity contribution is -0.137. The SMILES string of the molecule is COc1ccc(C(=O)NCC2CCC2)c(N2CCC(COc3cccc(C(CC(=O)O)C4CC4)c3)CC2)c1. The van der Waals surface area contributed by atoms with Crippen molar-refractivity contribution in [1.29, 1.82) is 0 Å². The molecule has 3 aliphatic rings. The van der Waals surface area contributed by atoms with Crippen LogP contribution in [-0.4, -0.2) is 50.3 Å². The van der Waals surface area contributed by atoms with Gasteiger partial charge in [0.1, 0.15) is 11.5 Å². The summed E-state index contributed by atoms with van der Waals surface area (Å²) in [7, 11) is 1.66. The first-order valence-electron chi connectivity index (χ1n) is 14.2. The van der Waals surface area contributed by atoms with E-state index < -0.39 is 5.97 Å². The van der Waals surface area contributed by atoms with Gasteiger partial charge in [-0.05, 0) is 92.0 Å². The number of ether oxygens (including phenoxy) is 2. The maximum atomic E-state index is 13.0. The molecule has 204 valence electrons. The zero-order chi connectivity index (χ0) is 26.5. The predicted molar refractivity (Wildman–Crippen MR) is 147 cm³/mol. The van der Waals surface area contributed by atoms with Gasteiger partial charge in [-0.15, -0.1) is 0 Å². The second-order valence-electron chi connectivity index (χ2n) is 11.2. The van der Waals surface area contributed by atoms with Crippen LogP contribution in [0.15, 0.2) is 42.5 Å². The largest absolute Gasteiger partial charge is 0.497 e. The van der Waals surface area contributed by atoms with E-state index in [1.165, 1.54) is 19.3 Å². The lowest BCUT2D eigenvalue weighted by Crippen LogP contribution is -2.38. The van der Waals surface area contributed by atoms with Crippen LogP contribution in [0, 0.1) is 17.8 Å². The summed E-state index contributed by atoms with van der Waals surface area (Å²) in [5, 5.41) is 12.5. The van der Waals surface area contributed by atoms with E-state index in [4.69, 9.17) is 9.47 Å². The predicted octanol–water partition coefficient (Wildman–Crippen LogP) is 5.49. The Morgan fingerprint density at radius 2 is 1.79 bits per heavy atom. The highest BCUT2D eigenvalue weighted by Gasteiger charge is 2.34. The number of rotatable bonds is 12. The summed E-state index contributed by atoms with van der Waals surface area (Å²) in [4.78, 5) is 26.7. The minimum atomic E-state index is -0.741. The van der Waals surface area contributed by atoms with Gasteiger partial charge in [0.25, 0.3) is 5.91 Å². The number of anilines is 1. The van der Waals surface area contributed by atoms with Gasteiger partial charge in [-0.3, -0.25) is 9.59 Å². The topological polar surface area (TPSA) is 88.1 Å². The van der Waals surface area contributed by atoms with Crippen LogP contribution in [0.5, 0.6) is 11.5 Å². The molecular formula is C31H40N2O5. The average Bonchev–Trinajstić information content (AvgIpc) is 3.75. The second kappa shape index (κ2) is 12.1. The molecule has 7 nitrogen and oxygen atoms in total. The van der Waals surface area contributed by atoms with E-state index in [-0.39, 0.29) is 18.2 Å². The molecule has 0 bridgehead atoms. The molecule has 7 heteroatoms. The Hall–Kier alpha value is -3.22. The molecule has 2 N–H and O–H groups in total. The maximum Gasteiger partial charge on any atom is 0.303 e. The molecule has 2 aromatic carbocycles. The molecule has 1 aliphatic heterocycles. The number of benzene rings is 2. The van der Waals surface area contributed by atoms with Crippen molar-refractivity contribution in [2.45, 2.75) is 57.3 Å². The zero-order valence-corrected chi connectivity index (χ0v) is 22.4. The van der Waals surface area contributed by atoms with Gasteiger partial charge in [0, 0.05) is 25.7 Å². The Morgan fingerprint density at radius 3 is 2.45 bits per heavy atom. The first-order valence-corrected chi connectivity index (χ1v) is 14.2. The lowest BCUT2D eigenvalue weighted by Gasteiger charge is -2.35. The maximum absolute atomic E-state index is 13.0. The van der Waals surface area contributed by atoms with Crippen LogP contribution in [0.3, 0.4) is 0 Å². The summed E-state index contributed by atoms with van der Waals surface area (Å²) in [6.07, 6.45) is 8.03. The quantitative estimate of drug-likeness (QED) is 0.385. The number of carboxylic acid groups (broad SMARTS) is 1. The minimum absolute atomic E-state index is 0.00714. The normalized spacial score (nSPS) is 18.9. The molecule has 1 heterocycles. The number of carboxylic acids is 1. The molecule has 2 saturated carbocycles. The van der Waals surface area contributed by atoms with Gasteiger partial charge in [-0.2, -0.15) is 0 Å². The van der Waals surface area contributed by atoms with Gasteiger partial charge in [-0.1, -0.05) is 18.6 Å². The number of methoxy groups -OCH3 is 1. The van der Waals surface area contributed by atoms with Crippen molar-refractivity contribution in [3.8, 4) is 11.5 Å². The molecule has 2 aromatic rings. The number of aliphatic carboxylic acids is 1. The van der Waals surface area contributed by atoms with E-state index in [0.29, 0.717) is 29.9 Å². The van der Waals surface area contributed by atoms with Crippen LogP contribution in [0.4, 0.5) is 5.69 Å². The molecule has 2 aliphatic carbocycles. The van der Waals surface area contributed by atoms with Crippen LogP contribution in [0.2, 0.25) is 0 Å². The Labute approximate surface area is 225 Å². The monoisotopic (exact) mass is 520 g/mol. The first-order chi connectivity index (χ1) is 18.5. The number of carbonyl (C=O) groups excluding carboxylic acids is 1. The van der Waals surface area contributed by atoms with Crippen molar-refractivity contribution in [1.82, 2.24) is 5.32 Å². The number of carbonyl (C=O) groups is 2. The van der Waals surface area contributed by atoms with Gasteiger partial charge in [0.05, 0.1) is 31.4 Å². The summed E-state index contributed by atoms with van der Waals surface area (Å²) >= 11 is 0. The molecule has 0 radical (unpaired) electrons. The molecule has 0 spiro atoms. The number of nitrogens with zero attached hydrogens (tertiary/aromatic N) is 1. The standard InChI is InChI=1S/C31H40N2O5/c1-37-25-10-11-27(31(36)32-19-21-4-2-5-21)29(17-25)33-14-12-22(13-15-33)20-38-26-7-3-6-24(16-26)28(18-30(34)35)23-8-9-23/h3,6-7,10-11,16-17,21-23,28H,2,4-5,8-9,12-15,18-20H2,1H3,(H,32,36)(H,34,35). The summed E-state index contributed by atoms with van der Waals surface area (Å²) in [5.74, 6) is 2.42. The third-order valence-corrected chi connectivity index (χ3v) is 8.54. The Bertz CT molecular complexity index is 1120. The number of amides is 1. The van der Waals surface area contributed by atoms with Crippen LogP contribution in [0.25, 0.3) is 0 Å². The molecule has 3 fully saturated rings. The average molecular weight is 521 g/mol. The fraction of sp³-hybridized carbons (Fsp3) is 0.548. The Morgan fingerprint density at radius 1 is 1.00 bits per heavy atom. The number of hydrogen-bond donors (Lipinski definition) is 2. The van der Waals surface area contributed by atoms with Gasteiger partial charge in [0.15, 0.2) is 0 Å². The van der Waals surface area contributed by atoms with Crippen LogP contribution in [0.1, 0.15) is 73.2 Å². The van der Waals surface area contributed by atoms with Crippen LogP contribution >= 0.6 is 0 Å². The third kappa shape index (κ3) is 6.61. The van der Waals surface area contributed by atoms with E-state index in [1.54, 1.807) is 7.11 Å². The summed E-state index contributed by atoms with van der Waals surface area (Å²) < 4.78 is 11.7. The number of hydrogen-bond acceptors (Lipinski definition) is 5. The number of piperidine rings is 1. The molecule has 1 amide bonds. The fourth-order valence-electron chi connectivity index (χ4n) is 5.75. The molecule has 0 aromatic heterocycles. The van der Waals surface area contributed by atoms with Crippen molar-refractivity contribution >= 4 is 17.6 Å². The van der Waals surface area contributed by atoms with Crippen molar-refractivity contribution in [2.24, 2.45) is 17.8 Å². The molecule has 1 saturated heterocycles. The van der Waals surface area contributed by atoms with Crippen LogP contribution < -0.4 is 19.7 Å². The highest BCUT2D eigenvalue weighted by molar-refractivity contribution is 6.00. The Balaban J connectivity index is 1.17. The zero-order valence-electron chi connectivity index (χ0n) is 22.4. The summed E-state index contributed by atoms with van der Waals surface area (Å²) in [6.45, 7) is 3.10. The molecule has 1 atom stereocenters. The first kappa shape index (κ1) is 26.4. The minimum Gasteiger partial charge on any atom is -0.497 e. The van der Waals surface area contributed by atoms with E-state index in [1.807, 2.05) is 42.5 Å². The van der Waals surface area contributed by atoms with Gasteiger partial charge in [-0.25, -0.2) is 0 Å². The van der Waals surface area contributed by atoms with E-state index in [0.717, 1.165) is 68.1 Å². The van der Waals surface area contributed by atoms with Crippen molar-refractivity contribution < 1.29 is 24.2 Å². The van der Waals surface area contributed by atoms with E-state index in [9.17, 15) is 14.7 Å². The summed E-state index contributed by atoms with van der Waals surface area (Å²) in [6, 6.07) is 13.7. The Kier molecular flexibility index (Phi) is 8.40. The molecular weight excluding hydrogens is 480 g/mol. The van der Waals surface area contributed by atoms with E-state index in [2.05, 4.69) is 10.2 Å². The van der Waals surface area contributed by atoms with Gasteiger partial charge < -0.3 is 24.8 Å². The highest BCUT2D eigenvalue weighted by atomic mass is 16.5. The fourth-order valence-corrected chi connectivity index (χ4v) is 5.75. The van der Waals surface area contributed by atoms with Gasteiger partial charge >= 0.3 is 5.97 Å². The highest BCUT2D eigenvalue weighted by Crippen LogP contribution is 2.45. The van der Waals surface area contributed by atoms with Gasteiger partial charge in [0.2, 0.25) is 0 Å². The van der Waals surface area contributed by atoms with Crippen LogP contribution in [-0.2, 0) is 4.79 Å². The van der Waals surface area contributed by atoms with E-state index >= 15 is 0 Å². The third-order valence-electron chi connectivity index (χ3n) is 8.54. The van der Waals surface area contributed by atoms with Crippen molar-refractivity contribution in [3.63, 3.8) is 0 Å². The smallest absolute Gasteiger partial charge is 0.303 e. The summed E-state index contributed by atoms with van der Waals surface area (Å²) in [5.41, 5.74) is 2.72. The van der Waals surface area contributed by atoms with Crippen molar-refractivity contribution in [3.05, 3.63) is 53.6 Å². The molecule has 1 unspecified atom stereocenters. The van der Waals surface area contributed by atoms with Crippen molar-refractivity contribution in [2.75, 3.05) is 38.3 Å². The molecule has 38 heavy (non-hydrogen) atoms. The number of nitrogens with one attached hydrogen (secondary N) is 1. The lowest BCUT2D eigenvalue weighted by atomic mass is 9.85. The second-order valence-corrected chi connectivity index (χ2v) is 11.2.